The largest absolute Gasteiger partial charge is 0.322 e. The number of carbonyl (C=O) groups excluding carboxylic acids is 1. The van der Waals surface area contributed by atoms with Crippen molar-refractivity contribution in [1.82, 2.24) is 4.31 Å². The van der Waals surface area contributed by atoms with Crippen LogP contribution in [0.1, 0.15) is 40.7 Å². The summed E-state index contributed by atoms with van der Waals surface area (Å²) in [6.45, 7) is 1.07. The van der Waals surface area contributed by atoms with E-state index in [9.17, 15) is 13.2 Å². The van der Waals surface area contributed by atoms with Gasteiger partial charge in [-0.2, -0.15) is 4.31 Å². The molecule has 0 saturated carbocycles. The number of anilines is 1. The van der Waals surface area contributed by atoms with E-state index in [1.807, 2.05) is 12.1 Å². The van der Waals surface area contributed by atoms with Crippen molar-refractivity contribution in [1.29, 1.82) is 0 Å². The molecule has 0 aromatic heterocycles. The summed E-state index contributed by atoms with van der Waals surface area (Å²) < 4.78 is 27.6. The average Bonchev–Trinajstić information content (AvgIpc) is 3.33. The molecule has 0 radical (unpaired) electrons. The summed E-state index contributed by atoms with van der Waals surface area (Å²) in [6, 6.07) is 10.6. The molecule has 0 spiro atoms. The first-order valence-electron chi connectivity index (χ1n) is 9.18. The first-order chi connectivity index (χ1) is 12.9. The Morgan fingerprint density at radius 2 is 1.70 bits per heavy atom. The number of nitrogens with one attached hydrogen (secondary N) is 1. The van der Waals surface area contributed by atoms with Crippen LogP contribution in [0.3, 0.4) is 0 Å². The molecule has 0 atom stereocenters. The van der Waals surface area contributed by atoms with Gasteiger partial charge in [-0.05, 0) is 89.5 Å². The van der Waals surface area contributed by atoms with Crippen LogP contribution in [0.4, 0.5) is 5.69 Å². The number of rotatable bonds is 4. The van der Waals surface area contributed by atoms with Gasteiger partial charge in [0.25, 0.3) is 5.91 Å². The molecule has 1 amide bonds. The molecular formula is C20H21BrN2O3S. The molecule has 142 valence electrons. The third kappa shape index (κ3) is 3.68. The van der Waals surface area contributed by atoms with Gasteiger partial charge in [0.2, 0.25) is 10.0 Å². The lowest BCUT2D eigenvalue weighted by Gasteiger charge is -2.16. The Balaban J connectivity index is 1.60. The molecule has 27 heavy (non-hydrogen) atoms. The van der Waals surface area contributed by atoms with Gasteiger partial charge in [0.15, 0.2) is 0 Å². The third-order valence-corrected chi connectivity index (χ3v) is 7.83. The summed E-state index contributed by atoms with van der Waals surface area (Å²) in [5.41, 5.74) is 3.67. The van der Waals surface area contributed by atoms with Crippen molar-refractivity contribution >= 4 is 37.5 Å². The van der Waals surface area contributed by atoms with Gasteiger partial charge in [0.05, 0.1) is 10.5 Å². The molecule has 4 rings (SSSR count). The molecule has 1 N–H and O–H groups in total. The standard InChI is InChI=1S/C20H21BrN2O3S/c21-19-9-8-17(27(25,26)23-10-1-2-11-23)13-18(19)20(24)22-16-7-6-14-4-3-5-15(14)12-16/h6-9,12-13H,1-5,10-11H2,(H,22,24). The lowest BCUT2D eigenvalue weighted by Crippen LogP contribution is -2.28. The van der Waals surface area contributed by atoms with E-state index in [0.717, 1.165) is 37.8 Å². The minimum Gasteiger partial charge on any atom is -0.322 e. The topological polar surface area (TPSA) is 66.5 Å². The predicted molar refractivity (Wildman–Crippen MR) is 109 cm³/mol. The molecule has 1 heterocycles. The minimum absolute atomic E-state index is 0.159. The van der Waals surface area contributed by atoms with Crippen molar-refractivity contribution in [3.8, 4) is 0 Å². The summed E-state index contributed by atoms with van der Waals surface area (Å²) in [6.07, 6.45) is 5.02. The van der Waals surface area contributed by atoms with Crippen molar-refractivity contribution < 1.29 is 13.2 Å². The Labute approximate surface area is 167 Å². The zero-order valence-electron chi connectivity index (χ0n) is 14.9. The Bertz CT molecular complexity index is 998. The number of sulfonamides is 1. The summed E-state index contributed by atoms with van der Waals surface area (Å²) in [4.78, 5) is 12.9. The van der Waals surface area contributed by atoms with Gasteiger partial charge >= 0.3 is 0 Å². The van der Waals surface area contributed by atoms with Gasteiger partial charge in [-0.15, -0.1) is 0 Å². The molecule has 1 saturated heterocycles. The van der Waals surface area contributed by atoms with Crippen LogP contribution in [0.15, 0.2) is 45.8 Å². The Morgan fingerprint density at radius 1 is 0.963 bits per heavy atom. The van der Waals surface area contributed by atoms with Crippen LogP contribution >= 0.6 is 15.9 Å². The zero-order valence-corrected chi connectivity index (χ0v) is 17.3. The smallest absolute Gasteiger partial charge is 0.256 e. The second-order valence-electron chi connectivity index (χ2n) is 7.04. The highest BCUT2D eigenvalue weighted by atomic mass is 79.9. The monoisotopic (exact) mass is 448 g/mol. The molecule has 1 fully saturated rings. The molecule has 2 aromatic carbocycles. The molecule has 0 unspecified atom stereocenters. The summed E-state index contributed by atoms with van der Waals surface area (Å²) >= 11 is 3.38. The van der Waals surface area contributed by atoms with Gasteiger partial charge in [0.1, 0.15) is 0 Å². The van der Waals surface area contributed by atoms with Gasteiger partial charge in [-0.25, -0.2) is 8.42 Å². The Hall–Kier alpha value is -1.70. The Morgan fingerprint density at radius 3 is 2.48 bits per heavy atom. The lowest BCUT2D eigenvalue weighted by atomic mass is 10.1. The van der Waals surface area contributed by atoms with Gasteiger partial charge < -0.3 is 5.32 Å². The average molecular weight is 449 g/mol. The lowest BCUT2D eigenvalue weighted by molar-refractivity contribution is 0.102. The van der Waals surface area contributed by atoms with Crippen molar-refractivity contribution in [2.24, 2.45) is 0 Å². The summed E-state index contributed by atoms with van der Waals surface area (Å²) in [5, 5.41) is 2.90. The fraction of sp³-hybridized carbons (Fsp3) is 0.350. The van der Waals surface area contributed by atoms with E-state index in [1.165, 1.54) is 21.5 Å². The minimum atomic E-state index is -3.56. The maximum absolute atomic E-state index is 12.8. The van der Waals surface area contributed by atoms with E-state index < -0.39 is 10.0 Å². The maximum Gasteiger partial charge on any atom is 0.256 e. The number of nitrogens with zero attached hydrogens (tertiary/aromatic N) is 1. The molecule has 2 aliphatic rings. The molecular weight excluding hydrogens is 428 g/mol. The first kappa shape index (κ1) is 18.7. The van der Waals surface area contributed by atoms with Crippen LogP contribution in [-0.2, 0) is 22.9 Å². The van der Waals surface area contributed by atoms with Crippen LogP contribution < -0.4 is 5.32 Å². The molecule has 7 heteroatoms. The fourth-order valence-electron chi connectivity index (χ4n) is 3.76. The highest BCUT2D eigenvalue weighted by Crippen LogP contribution is 2.28. The van der Waals surface area contributed by atoms with E-state index in [1.54, 1.807) is 12.1 Å². The quantitative estimate of drug-likeness (QED) is 0.768. The second kappa shape index (κ2) is 7.37. The van der Waals surface area contributed by atoms with E-state index in [0.29, 0.717) is 23.1 Å². The van der Waals surface area contributed by atoms with Crippen molar-refractivity contribution in [3.05, 3.63) is 57.6 Å². The number of fused-ring (bicyclic) bond motifs is 1. The number of carbonyl (C=O) groups is 1. The van der Waals surface area contributed by atoms with Crippen LogP contribution in [0.25, 0.3) is 0 Å². The molecule has 1 aliphatic carbocycles. The molecule has 2 aromatic rings. The first-order valence-corrected chi connectivity index (χ1v) is 11.4. The van der Waals surface area contributed by atoms with Gasteiger partial charge in [0, 0.05) is 23.2 Å². The highest BCUT2D eigenvalue weighted by Gasteiger charge is 2.28. The predicted octanol–water partition coefficient (Wildman–Crippen LogP) is 3.97. The van der Waals surface area contributed by atoms with Crippen LogP contribution in [0.2, 0.25) is 0 Å². The van der Waals surface area contributed by atoms with Gasteiger partial charge in [-0.3, -0.25) is 4.79 Å². The number of hydrogen-bond acceptors (Lipinski definition) is 3. The van der Waals surface area contributed by atoms with Gasteiger partial charge in [-0.1, -0.05) is 6.07 Å². The van der Waals surface area contributed by atoms with Crippen LogP contribution in [0.5, 0.6) is 0 Å². The Kier molecular flexibility index (Phi) is 5.09. The number of halogens is 1. The number of hydrogen-bond donors (Lipinski definition) is 1. The third-order valence-electron chi connectivity index (χ3n) is 5.24. The second-order valence-corrected chi connectivity index (χ2v) is 9.84. The normalized spacial score (nSPS) is 17.1. The maximum atomic E-state index is 12.8. The van der Waals surface area contributed by atoms with Crippen molar-refractivity contribution in [2.45, 2.75) is 37.0 Å². The number of amides is 1. The molecule has 5 nitrogen and oxygen atoms in total. The molecule has 0 bridgehead atoms. The number of benzene rings is 2. The van der Waals surface area contributed by atoms with E-state index in [4.69, 9.17) is 0 Å². The van der Waals surface area contributed by atoms with Crippen molar-refractivity contribution in [3.63, 3.8) is 0 Å². The summed E-state index contributed by atoms with van der Waals surface area (Å²) in [5.74, 6) is -0.321. The highest BCUT2D eigenvalue weighted by molar-refractivity contribution is 9.10. The summed E-state index contributed by atoms with van der Waals surface area (Å²) in [7, 11) is -3.56. The number of aryl methyl sites for hydroxylation is 2. The van der Waals surface area contributed by atoms with Crippen molar-refractivity contribution in [2.75, 3.05) is 18.4 Å². The fourth-order valence-corrected chi connectivity index (χ4v) is 5.73. The SMILES string of the molecule is O=C(Nc1ccc2c(c1)CCC2)c1cc(S(=O)(=O)N2CCCC2)ccc1Br. The molecule has 1 aliphatic heterocycles. The van der Waals surface area contributed by atoms with E-state index >= 15 is 0 Å². The van der Waals surface area contributed by atoms with Crippen LogP contribution in [-0.4, -0.2) is 31.7 Å². The van der Waals surface area contributed by atoms with E-state index in [-0.39, 0.29) is 10.8 Å². The van der Waals surface area contributed by atoms with E-state index in [2.05, 4.69) is 27.3 Å². The zero-order chi connectivity index (χ0) is 19.0. The van der Waals surface area contributed by atoms with Crippen LogP contribution in [0, 0.1) is 0 Å².